The van der Waals surface area contributed by atoms with Crippen molar-refractivity contribution < 1.29 is 17.9 Å². The molecule has 162 valence electrons. The maximum Gasteiger partial charge on any atom is 0.261 e. The Balaban J connectivity index is 1.96. The van der Waals surface area contributed by atoms with E-state index in [4.69, 9.17) is 4.74 Å². The number of benzene rings is 2. The third-order valence-corrected chi connectivity index (χ3v) is 6.57. The Bertz CT molecular complexity index is 1030. The molecule has 1 aliphatic rings. The molecule has 0 bridgehead atoms. The number of carbonyl (C=O) groups excluding carboxylic acids is 1. The second-order valence-corrected chi connectivity index (χ2v) is 10.6. The zero-order valence-electron chi connectivity index (χ0n) is 18.2. The quantitative estimate of drug-likeness (QED) is 0.727. The van der Waals surface area contributed by atoms with Gasteiger partial charge < -0.3 is 9.64 Å². The van der Waals surface area contributed by atoms with Gasteiger partial charge in [0.2, 0.25) is 5.91 Å². The average Bonchev–Trinajstić information content (AvgIpc) is 2.75. The van der Waals surface area contributed by atoms with Crippen LogP contribution in [0.5, 0.6) is 5.75 Å². The molecule has 0 aromatic heterocycles. The number of amides is 1. The van der Waals surface area contributed by atoms with E-state index in [0.717, 1.165) is 12.0 Å². The molecule has 0 atom stereocenters. The largest absolute Gasteiger partial charge is 0.490 e. The molecular weight excluding hydrogens is 400 g/mol. The SMILES string of the molecule is Cc1ccc(S(=O)(=O)Nc2ccc3c(c2)N(CCC(C)C)C(=O)C(C)(C)CO3)cc1. The molecule has 1 heterocycles. The predicted octanol–water partition coefficient (Wildman–Crippen LogP) is 4.59. The molecule has 1 N–H and O–H groups in total. The molecule has 0 fully saturated rings. The zero-order chi connectivity index (χ0) is 22.1. The molecule has 2 aromatic rings. The van der Waals surface area contributed by atoms with Crippen LogP contribution in [0.3, 0.4) is 0 Å². The molecule has 1 aliphatic heterocycles. The summed E-state index contributed by atoms with van der Waals surface area (Å²) in [4.78, 5) is 15.1. The Kier molecular flexibility index (Phi) is 6.13. The molecule has 3 rings (SSSR count). The predicted molar refractivity (Wildman–Crippen MR) is 120 cm³/mol. The Morgan fingerprint density at radius 2 is 1.80 bits per heavy atom. The van der Waals surface area contributed by atoms with Crippen molar-refractivity contribution >= 4 is 27.3 Å². The Morgan fingerprint density at radius 1 is 1.13 bits per heavy atom. The minimum absolute atomic E-state index is 0.0274. The summed E-state index contributed by atoms with van der Waals surface area (Å²) in [5.41, 5.74) is 1.30. The smallest absolute Gasteiger partial charge is 0.261 e. The van der Waals surface area contributed by atoms with E-state index in [1.54, 1.807) is 47.4 Å². The molecule has 0 aliphatic carbocycles. The second-order valence-electron chi connectivity index (χ2n) is 8.91. The molecule has 1 amide bonds. The highest BCUT2D eigenvalue weighted by Crippen LogP contribution is 2.39. The summed E-state index contributed by atoms with van der Waals surface area (Å²) in [7, 11) is -3.74. The van der Waals surface area contributed by atoms with E-state index in [2.05, 4.69) is 18.6 Å². The summed E-state index contributed by atoms with van der Waals surface area (Å²) in [6.07, 6.45) is 0.834. The van der Waals surface area contributed by atoms with Crippen LogP contribution in [0.15, 0.2) is 47.4 Å². The molecule has 2 aromatic carbocycles. The third-order valence-electron chi connectivity index (χ3n) is 5.18. The van der Waals surface area contributed by atoms with Crippen molar-refractivity contribution in [3.8, 4) is 5.75 Å². The van der Waals surface area contributed by atoms with Gasteiger partial charge in [-0.3, -0.25) is 9.52 Å². The van der Waals surface area contributed by atoms with E-state index in [9.17, 15) is 13.2 Å². The number of hydrogen-bond donors (Lipinski definition) is 1. The number of carbonyl (C=O) groups is 1. The monoisotopic (exact) mass is 430 g/mol. The van der Waals surface area contributed by atoms with Crippen LogP contribution in [0, 0.1) is 18.3 Å². The van der Waals surface area contributed by atoms with Crippen LogP contribution in [-0.4, -0.2) is 27.5 Å². The fourth-order valence-electron chi connectivity index (χ4n) is 3.25. The van der Waals surface area contributed by atoms with Crippen LogP contribution in [0.2, 0.25) is 0 Å². The third kappa shape index (κ3) is 4.78. The fraction of sp³-hybridized carbons (Fsp3) is 0.435. The van der Waals surface area contributed by atoms with Gasteiger partial charge in [0.1, 0.15) is 12.4 Å². The number of rotatable bonds is 6. The molecule has 0 saturated heterocycles. The number of nitrogens with zero attached hydrogens (tertiary/aromatic N) is 1. The summed E-state index contributed by atoms with van der Waals surface area (Å²) in [6.45, 7) is 10.7. The standard InChI is InChI=1S/C23H30N2O4S/c1-16(2)12-13-25-20-14-18(8-11-21(20)29-15-23(4,5)22(25)26)24-30(27,28)19-9-6-17(3)7-10-19/h6-11,14,16,24H,12-13,15H2,1-5H3. The first-order valence-electron chi connectivity index (χ1n) is 10.2. The number of sulfonamides is 1. The van der Waals surface area contributed by atoms with E-state index in [1.807, 2.05) is 20.8 Å². The van der Waals surface area contributed by atoms with Gasteiger partial charge in [0.05, 0.1) is 21.7 Å². The Labute approximate surface area is 179 Å². The molecule has 7 heteroatoms. The van der Waals surface area contributed by atoms with Crippen molar-refractivity contribution in [3.63, 3.8) is 0 Å². The molecule has 6 nitrogen and oxygen atoms in total. The minimum Gasteiger partial charge on any atom is -0.490 e. The van der Waals surface area contributed by atoms with Crippen molar-refractivity contribution in [3.05, 3.63) is 48.0 Å². The molecule has 0 saturated carbocycles. The maximum atomic E-state index is 13.2. The highest BCUT2D eigenvalue weighted by Gasteiger charge is 2.37. The topological polar surface area (TPSA) is 75.7 Å². The molecule has 0 radical (unpaired) electrons. The van der Waals surface area contributed by atoms with Gasteiger partial charge in [-0.1, -0.05) is 31.5 Å². The van der Waals surface area contributed by atoms with Crippen LogP contribution < -0.4 is 14.4 Å². The van der Waals surface area contributed by atoms with E-state index >= 15 is 0 Å². The normalized spacial score (nSPS) is 16.1. The number of fused-ring (bicyclic) bond motifs is 1. The summed E-state index contributed by atoms with van der Waals surface area (Å²) >= 11 is 0. The van der Waals surface area contributed by atoms with E-state index in [0.29, 0.717) is 29.6 Å². The fourth-order valence-corrected chi connectivity index (χ4v) is 4.30. The van der Waals surface area contributed by atoms with Gasteiger partial charge in [-0.2, -0.15) is 0 Å². The van der Waals surface area contributed by atoms with Gasteiger partial charge in [0.15, 0.2) is 0 Å². The van der Waals surface area contributed by atoms with Crippen molar-refractivity contribution in [1.82, 2.24) is 0 Å². The van der Waals surface area contributed by atoms with Gasteiger partial charge in [0, 0.05) is 6.54 Å². The number of hydrogen-bond acceptors (Lipinski definition) is 4. The lowest BCUT2D eigenvalue weighted by Gasteiger charge is -2.28. The lowest BCUT2D eigenvalue weighted by atomic mass is 9.92. The van der Waals surface area contributed by atoms with Crippen molar-refractivity contribution in [1.29, 1.82) is 0 Å². The van der Waals surface area contributed by atoms with Gasteiger partial charge in [0.25, 0.3) is 10.0 Å². The van der Waals surface area contributed by atoms with Crippen LogP contribution in [0.25, 0.3) is 0 Å². The van der Waals surface area contributed by atoms with Crippen molar-refractivity contribution in [2.75, 3.05) is 22.8 Å². The molecule has 0 spiro atoms. The van der Waals surface area contributed by atoms with Gasteiger partial charge >= 0.3 is 0 Å². The van der Waals surface area contributed by atoms with Gasteiger partial charge in [-0.25, -0.2) is 8.42 Å². The van der Waals surface area contributed by atoms with Crippen molar-refractivity contribution in [2.24, 2.45) is 11.3 Å². The van der Waals surface area contributed by atoms with Crippen LogP contribution in [-0.2, 0) is 14.8 Å². The number of anilines is 2. The summed E-state index contributed by atoms with van der Waals surface area (Å²) in [5, 5.41) is 0. The second kappa shape index (κ2) is 8.30. The molecular formula is C23H30N2O4S. The van der Waals surface area contributed by atoms with Gasteiger partial charge in [-0.05, 0) is 63.4 Å². The lowest BCUT2D eigenvalue weighted by molar-refractivity contribution is -0.127. The first-order valence-corrected chi connectivity index (χ1v) is 11.7. The van der Waals surface area contributed by atoms with Crippen molar-refractivity contribution in [2.45, 2.75) is 45.9 Å². The summed E-state index contributed by atoms with van der Waals surface area (Å²) in [5.74, 6) is 0.980. The Hall–Kier alpha value is -2.54. The Morgan fingerprint density at radius 3 is 2.43 bits per heavy atom. The summed E-state index contributed by atoms with van der Waals surface area (Å²) in [6, 6.07) is 11.7. The lowest BCUT2D eigenvalue weighted by Crippen LogP contribution is -2.42. The first kappa shape index (κ1) is 22.2. The first-order chi connectivity index (χ1) is 14.0. The number of aryl methyl sites for hydroxylation is 1. The highest BCUT2D eigenvalue weighted by molar-refractivity contribution is 7.92. The van der Waals surface area contributed by atoms with E-state index < -0.39 is 15.4 Å². The van der Waals surface area contributed by atoms with Crippen LogP contribution in [0.4, 0.5) is 11.4 Å². The average molecular weight is 431 g/mol. The van der Waals surface area contributed by atoms with Crippen LogP contribution in [0.1, 0.15) is 39.7 Å². The van der Waals surface area contributed by atoms with E-state index in [-0.39, 0.29) is 17.4 Å². The van der Waals surface area contributed by atoms with Gasteiger partial charge in [-0.15, -0.1) is 0 Å². The number of ether oxygens (including phenoxy) is 1. The number of nitrogens with one attached hydrogen (secondary N) is 1. The maximum absolute atomic E-state index is 13.2. The molecule has 0 unspecified atom stereocenters. The molecule has 30 heavy (non-hydrogen) atoms. The highest BCUT2D eigenvalue weighted by atomic mass is 32.2. The minimum atomic E-state index is -3.74. The van der Waals surface area contributed by atoms with Crippen LogP contribution >= 0.6 is 0 Å². The van der Waals surface area contributed by atoms with E-state index in [1.165, 1.54) is 0 Å². The zero-order valence-corrected chi connectivity index (χ0v) is 19.0. The summed E-state index contributed by atoms with van der Waals surface area (Å²) < 4.78 is 34.1.